The molecule has 0 aliphatic rings. The number of rotatable bonds is 2. The van der Waals surface area contributed by atoms with Crippen LogP contribution in [-0.2, 0) is 0 Å². The summed E-state index contributed by atoms with van der Waals surface area (Å²) >= 11 is 0. The molecule has 0 heterocycles. The molecule has 0 spiro atoms. The molecule has 3 heteroatoms. The van der Waals surface area contributed by atoms with Crippen molar-refractivity contribution >= 4 is 0 Å². The van der Waals surface area contributed by atoms with E-state index in [2.05, 4.69) is 0 Å². The van der Waals surface area contributed by atoms with Crippen LogP contribution in [-0.4, -0.2) is 34.6 Å². The smallest absolute Gasteiger partial charge is 0.106 e. The Morgan fingerprint density at radius 2 is 1.38 bits per heavy atom. The van der Waals surface area contributed by atoms with Gasteiger partial charge >= 0.3 is 0 Å². The first kappa shape index (κ1) is 7.88. The van der Waals surface area contributed by atoms with Gasteiger partial charge in [-0.15, -0.1) is 0 Å². The van der Waals surface area contributed by atoms with E-state index in [4.69, 9.17) is 10.2 Å². The van der Waals surface area contributed by atoms with Crippen LogP contribution in [0.1, 0.15) is 13.8 Å². The van der Waals surface area contributed by atoms with E-state index < -0.39 is 12.5 Å². The molecule has 0 aliphatic carbocycles. The lowest BCUT2D eigenvalue weighted by atomic mass is 10.5. The molecule has 3 nitrogen and oxygen atoms in total. The lowest BCUT2D eigenvalue weighted by Crippen LogP contribution is -2.36. The lowest BCUT2D eigenvalue weighted by molar-refractivity contribution is -0.0665. The van der Waals surface area contributed by atoms with Crippen LogP contribution < -0.4 is 0 Å². The number of hydrogen-bond donors (Lipinski definition) is 2. The van der Waals surface area contributed by atoms with Crippen molar-refractivity contribution < 1.29 is 10.2 Å². The lowest BCUT2D eigenvalue weighted by Gasteiger charge is -2.22. The summed E-state index contributed by atoms with van der Waals surface area (Å²) in [5, 5.41) is 17.5. The van der Waals surface area contributed by atoms with Crippen molar-refractivity contribution in [3.05, 3.63) is 0 Å². The minimum absolute atomic E-state index is 0.574. The summed E-state index contributed by atoms with van der Waals surface area (Å²) < 4.78 is 0. The minimum Gasteiger partial charge on any atom is -0.379 e. The van der Waals surface area contributed by atoms with Gasteiger partial charge in [0.1, 0.15) is 12.5 Å². The van der Waals surface area contributed by atoms with Gasteiger partial charge < -0.3 is 10.2 Å². The summed E-state index contributed by atoms with van der Waals surface area (Å²) in [6, 6.07) is 0. The van der Waals surface area contributed by atoms with Gasteiger partial charge in [0, 0.05) is 0 Å². The van der Waals surface area contributed by atoms with E-state index in [1.807, 2.05) is 0 Å². The molecule has 0 fully saturated rings. The van der Waals surface area contributed by atoms with Crippen LogP contribution >= 0.6 is 0 Å². The largest absolute Gasteiger partial charge is 0.379 e. The van der Waals surface area contributed by atoms with Crippen molar-refractivity contribution in [2.45, 2.75) is 26.3 Å². The fraction of sp³-hybridized carbons (Fsp3) is 1.00. The molecule has 0 aromatic heterocycles. The number of aliphatic hydroxyl groups is 2. The number of aliphatic hydroxyl groups excluding tert-OH is 2. The molecule has 0 radical (unpaired) electrons. The molecule has 0 amide bonds. The summed E-state index contributed by atoms with van der Waals surface area (Å²) in [7, 11) is 1.65. The molecule has 2 N–H and O–H groups in total. The van der Waals surface area contributed by atoms with Crippen LogP contribution in [0.5, 0.6) is 0 Å². The van der Waals surface area contributed by atoms with E-state index in [1.165, 1.54) is 4.90 Å². The molecule has 50 valence electrons. The monoisotopic (exact) mass is 119 g/mol. The van der Waals surface area contributed by atoms with Gasteiger partial charge in [-0.2, -0.15) is 0 Å². The Morgan fingerprint density at radius 1 is 1.12 bits per heavy atom. The van der Waals surface area contributed by atoms with Crippen molar-refractivity contribution in [2.75, 3.05) is 7.05 Å². The number of hydrogen-bond acceptors (Lipinski definition) is 3. The van der Waals surface area contributed by atoms with Gasteiger partial charge in [-0.1, -0.05) is 0 Å². The molecule has 8 heavy (non-hydrogen) atoms. The second kappa shape index (κ2) is 3.02. The number of nitrogens with zero attached hydrogens (tertiary/aromatic N) is 1. The quantitative estimate of drug-likeness (QED) is 0.486. The zero-order valence-corrected chi connectivity index (χ0v) is 5.50. The van der Waals surface area contributed by atoms with Gasteiger partial charge in [-0.3, -0.25) is 4.90 Å². The Hall–Kier alpha value is -0.120. The third-order valence-corrected chi connectivity index (χ3v) is 1.18. The van der Waals surface area contributed by atoms with Gasteiger partial charge in [-0.25, -0.2) is 0 Å². The Bertz CT molecular complexity index is 55.4. The second-order valence-electron chi connectivity index (χ2n) is 1.93. The summed E-state index contributed by atoms with van der Waals surface area (Å²) in [4.78, 5) is 1.44. The standard InChI is InChI=1S/C5H13NO2/c1-4(7)6(3)5(2)8/h4-5,7-8H,1-3H3/t4-,5-/m1/s1. The molecule has 0 bridgehead atoms. The maximum atomic E-state index is 8.76. The molecular formula is C5H13NO2. The van der Waals surface area contributed by atoms with E-state index in [0.717, 1.165) is 0 Å². The van der Waals surface area contributed by atoms with Crippen LogP contribution in [0.2, 0.25) is 0 Å². The van der Waals surface area contributed by atoms with Crippen LogP contribution in [0.15, 0.2) is 0 Å². The predicted octanol–water partition coefficient (Wildman–Crippen LogP) is -0.405. The van der Waals surface area contributed by atoms with Gasteiger partial charge in [0.25, 0.3) is 0 Å². The normalized spacial score (nSPS) is 18.8. The molecule has 0 saturated heterocycles. The van der Waals surface area contributed by atoms with E-state index in [0.29, 0.717) is 0 Å². The molecule has 0 aromatic rings. The average Bonchev–Trinajstić information content (AvgIpc) is 1.64. The van der Waals surface area contributed by atoms with Gasteiger partial charge in [0.05, 0.1) is 0 Å². The van der Waals surface area contributed by atoms with Crippen LogP contribution in [0.25, 0.3) is 0 Å². The highest BCUT2D eigenvalue weighted by molar-refractivity contribution is 4.48. The molecule has 0 rings (SSSR count). The third kappa shape index (κ3) is 2.26. The Labute approximate surface area is 49.5 Å². The van der Waals surface area contributed by atoms with E-state index in [-0.39, 0.29) is 0 Å². The molecule has 0 saturated carbocycles. The second-order valence-corrected chi connectivity index (χ2v) is 1.93. The van der Waals surface area contributed by atoms with E-state index >= 15 is 0 Å². The Morgan fingerprint density at radius 3 is 1.38 bits per heavy atom. The molecule has 0 unspecified atom stereocenters. The summed E-state index contributed by atoms with van der Waals surface area (Å²) in [6.45, 7) is 3.21. The fourth-order valence-electron chi connectivity index (χ4n) is 0.312. The maximum Gasteiger partial charge on any atom is 0.106 e. The molecule has 2 atom stereocenters. The summed E-state index contributed by atoms with van der Waals surface area (Å²) in [6.07, 6.45) is -1.15. The van der Waals surface area contributed by atoms with Gasteiger partial charge in [-0.05, 0) is 20.9 Å². The zero-order chi connectivity index (χ0) is 6.73. The average molecular weight is 119 g/mol. The van der Waals surface area contributed by atoms with Crippen LogP contribution in [0, 0.1) is 0 Å². The SMILES string of the molecule is C[C@@H](O)N(C)[C@@H](C)O. The van der Waals surface area contributed by atoms with Crippen molar-refractivity contribution in [3.8, 4) is 0 Å². The highest BCUT2D eigenvalue weighted by Crippen LogP contribution is 1.93. The van der Waals surface area contributed by atoms with Gasteiger partial charge in [0.2, 0.25) is 0 Å². The van der Waals surface area contributed by atoms with Crippen molar-refractivity contribution in [2.24, 2.45) is 0 Å². The van der Waals surface area contributed by atoms with Crippen LogP contribution in [0.4, 0.5) is 0 Å². The van der Waals surface area contributed by atoms with Crippen LogP contribution in [0.3, 0.4) is 0 Å². The first-order chi connectivity index (χ1) is 3.55. The van der Waals surface area contributed by atoms with E-state index in [9.17, 15) is 0 Å². The van der Waals surface area contributed by atoms with Crippen molar-refractivity contribution in [1.29, 1.82) is 0 Å². The molecule has 0 aromatic carbocycles. The Balaban J connectivity index is 3.46. The topological polar surface area (TPSA) is 43.7 Å². The highest BCUT2D eigenvalue weighted by Gasteiger charge is 2.08. The third-order valence-electron chi connectivity index (χ3n) is 1.18. The summed E-state index contributed by atoms with van der Waals surface area (Å²) in [5.41, 5.74) is 0. The van der Waals surface area contributed by atoms with E-state index in [1.54, 1.807) is 20.9 Å². The first-order valence-electron chi connectivity index (χ1n) is 2.63. The minimum atomic E-state index is -0.574. The zero-order valence-electron chi connectivity index (χ0n) is 5.50. The summed E-state index contributed by atoms with van der Waals surface area (Å²) in [5.74, 6) is 0. The van der Waals surface area contributed by atoms with Crippen molar-refractivity contribution in [1.82, 2.24) is 4.90 Å². The van der Waals surface area contributed by atoms with Gasteiger partial charge in [0.15, 0.2) is 0 Å². The maximum absolute atomic E-state index is 8.76. The predicted molar refractivity (Wildman–Crippen MR) is 31.1 cm³/mol. The Kier molecular flexibility index (Phi) is 2.97. The highest BCUT2D eigenvalue weighted by atomic mass is 16.3. The molecule has 0 aliphatic heterocycles. The van der Waals surface area contributed by atoms with Crippen molar-refractivity contribution in [3.63, 3.8) is 0 Å². The molecular weight excluding hydrogens is 106 g/mol. The first-order valence-corrected chi connectivity index (χ1v) is 2.63. The fourth-order valence-corrected chi connectivity index (χ4v) is 0.312.